The molecule has 0 unspecified atom stereocenters. The number of anilines is 1. The Kier molecular flexibility index (Phi) is 9.96. The first-order valence-corrected chi connectivity index (χ1v) is 16.3. The number of imide groups is 1. The van der Waals surface area contributed by atoms with Crippen LogP contribution in [0.1, 0.15) is 69.7 Å². The number of carbonyl (C=O) groups excluding carboxylic acids is 3. The lowest BCUT2D eigenvalue weighted by atomic mass is 9.71. The van der Waals surface area contributed by atoms with Gasteiger partial charge in [0.25, 0.3) is 11.8 Å². The molecule has 3 amide bonds. The zero-order valence-electron chi connectivity index (χ0n) is 27.3. The number of nitrogens with zero attached hydrogens (tertiary/aromatic N) is 3. The first-order valence-electron chi connectivity index (χ1n) is 15.0. The summed E-state index contributed by atoms with van der Waals surface area (Å²) in [7, 11) is -0.790. The van der Waals surface area contributed by atoms with Crippen LogP contribution in [0.25, 0.3) is 11.6 Å². The molecule has 0 aromatic heterocycles. The molecule has 0 fully saturated rings. The predicted molar refractivity (Wildman–Crippen MR) is 164 cm³/mol. The second-order valence-corrected chi connectivity index (χ2v) is 13.8. The Morgan fingerprint density at radius 3 is 2.22 bits per heavy atom. The van der Waals surface area contributed by atoms with E-state index in [2.05, 4.69) is 106 Å². The van der Waals surface area contributed by atoms with Crippen LogP contribution in [0, 0.1) is 10.2 Å². The Balaban J connectivity index is 0.000000892. The minimum Gasteiger partial charge on any atom is -0.378 e. The van der Waals surface area contributed by atoms with Crippen molar-refractivity contribution in [1.29, 1.82) is 0 Å². The molecule has 3 aliphatic rings. The molecule has 2 aromatic rings. The molecule has 46 heavy (non-hydrogen) atoms. The van der Waals surface area contributed by atoms with Gasteiger partial charge in [0.15, 0.2) is 5.54 Å². The Labute approximate surface area is 271 Å². The summed E-state index contributed by atoms with van der Waals surface area (Å²) in [6.45, 7) is 12.4. The lowest BCUT2D eigenvalue weighted by Gasteiger charge is -2.33. The molecule has 1 N–H and O–H groups in total. The van der Waals surface area contributed by atoms with Crippen molar-refractivity contribution in [3.63, 3.8) is 0 Å². The van der Waals surface area contributed by atoms with Gasteiger partial charge in [-0.05, 0) is 64.8 Å². The van der Waals surface area contributed by atoms with Crippen LogP contribution in [-0.4, -0.2) is 61.9 Å². The summed E-state index contributed by atoms with van der Waals surface area (Å²) >= 11 is 0. The monoisotopic (exact) mass is 652 g/mol. The highest BCUT2D eigenvalue weighted by Crippen LogP contribution is 2.37. The Morgan fingerprint density at radius 2 is 1.61 bits per heavy atom. The van der Waals surface area contributed by atoms with Gasteiger partial charge in [-0.3, -0.25) is 19.3 Å². The molecule has 0 atom stereocenters. The zero-order valence-corrected chi connectivity index (χ0v) is 28.1. The number of benzene rings is 2. The third kappa shape index (κ3) is 7.73. The normalized spacial score (nSPS) is 17.2. The van der Waals surface area contributed by atoms with Crippen molar-refractivity contribution in [2.75, 3.05) is 38.6 Å². The summed E-state index contributed by atoms with van der Waals surface area (Å²) in [5.41, 5.74) is 7.24. The van der Waals surface area contributed by atoms with E-state index in [1.54, 1.807) is 0 Å². The van der Waals surface area contributed by atoms with Gasteiger partial charge in [-0.1, -0.05) is 19.9 Å². The van der Waals surface area contributed by atoms with Crippen molar-refractivity contribution < 1.29 is 43.3 Å². The molecule has 1 aliphatic carbocycles. The van der Waals surface area contributed by atoms with Gasteiger partial charge in [0.2, 0.25) is 11.3 Å². The largest absolute Gasteiger partial charge is 0.378 e. The molecular formula is C34H41ClN4O7. The Bertz CT molecular complexity index is 1730. The van der Waals surface area contributed by atoms with Gasteiger partial charge in [0.1, 0.15) is 6.54 Å². The van der Waals surface area contributed by atoms with E-state index in [9.17, 15) is 14.4 Å². The van der Waals surface area contributed by atoms with Crippen molar-refractivity contribution in [2.24, 2.45) is 0 Å². The van der Waals surface area contributed by atoms with Crippen LogP contribution >= 0.6 is 0 Å². The Morgan fingerprint density at radius 1 is 0.978 bits per heavy atom. The lowest BCUT2D eigenvalue weighted by molar-refractivity contribution is -2.00. The fourth-order valence-corrected chi connectivity index (χ4v) is 6.46. The minimum absolute atomic E-state index is 0.0757. The van der Waals surface area contributed by atoms with Crippen molar-refractivity contribution in [3.05, 3.63) is 81.4 Å². The van der Waals surface area contributed by atoms with Gasteiger partial charge < -0.3 is 10.2 Å². The molecule has 0 radical (unpaired) electrons. The van der Waals surface area contributed by atoms with Crippen LogP contribution in [0.5, 0.6) is 0 Å². The second kappa shape index (κ2) is 13.1. The van der Waals surface area contributed by atoms with E-state index in [1.165, 1.54) is 56.2 Å². The molecule has 2 heterocycles. The summed E-state index contributed by atoms with van der Waals surface area (Å²) in [6, 6.07) is 11.4. The number of fused-ring (bicyclic) bond motifs is 3. The first kappa shape index (κ1) is 35.0. The van der Waals surface area contributed by atoms with Crippen LogP contribution in [0.4, 0.5) is 5.69 Å². The second-order valence-electron chi connectivity index (χ2n) is 13.0. The molecule has 246 valence electrons. The van der Waals surface area contributed by atoms with Gasteiger partial charge in [-0.25, -0.2) is 23.2 Å². The molecule has 5 rings (SSSR count). The quantitative estimate of drug-likeness (QED) is 0.252. The smallest absolute Gasteiger partial charge is 0.253 e. The van der Waals surface area contributed by atoms with E-state index in [4.69, 9.17) is 18.6 Å². The third-order valence-electron chi connectivity index (χ3n) is 8.70. The fourth-order valence-electron chi connectivity index (χ4n) is 6.46. The number of rotatable bonds is 8. The van der Waals surface area contributed by atoms with E-state index in [0.717, 1.165) is 11.4 Å². The van der Waals surface area contributed by atoms with E-state index < -0.39 is 10.2 Å². The highest BCUT2D eigenvalue weighted by Gasteiger charge is 2.36. The maximum Gasteiger partial charge on any atom is 0.253 e. The van der Waals surface area contributed by atoms with Crippen molar-refractivity contribution in [3.8, 4) is 0 Å². The van der Waals surface area contributed by atoms with Gasteiger partial charge >= 0.3 is 0 Å². The minimum atomic E-state index is -4.94. The molecular weight excluding hydrogens is 612 g/mol. The van der Waals surface area contributed by atoms with Crippen LogP contribution < -0.4 is 44.0 Å². The maximum atomic E-state index is 12.6. The fraction of sp³-hybridized carbons (Fsp3) is 0.412. The highest BCUT2D eigenvalue weighted by molar-refractivity contribution is 6.12. The van der Waals surface area contributed by atoms with Gasteiger partial charge in [-0.2, -0.15) is 0 Å². The summed E-state index contributed by atoms with van der Waals surface area (Å²) in [5.74, 6) is -0.736. The highest BCUT2D eigenvalue weighted by atomic mass is 35.7. The third-order valence-corrected chi connectivity index (χ3v) is 8.70. The SMILES string of the molecule is CC1=CC(C)(C)[N+](CCCC(=O)NCCN2C(=O)C=CC2=O)=c2cc3c(cc21)=Cc1ccc(N(C)C)cc1C3(C)C.[O-][Cl+3]([O-])([O-])[O-]. The zero-order chi connectivity index (χ0) is 34.2. The van der Waals surface area contributed by atoms with Gasteiger partial charge in [0, 0.05) is 88.8 Å². The van der Waals surface area contributed by atoms with Crippen molar-refractivity contribution in [2.45, 2.75) is 58.4 Å². The molecule has 12 heteroatoms. The number of hydrogen-bond donors (Lipinski definition) is 1. The maximum absolute atomic E-state index is 12.6. The molecule has 0 saturated heterocycles. The molecule has 2 aliphatic heterocycles. The summed E-state index contributed by atoms with van der Waals surface area (Å²) < 4.78 is 36.4. The standard InChI is InChI=1S/C34H40N4O3.ClHO4/c1-22-21-33(2,3)38(15-8-9-30(39)35-14-16-37-31(40)12-13-32(37)41)29-20-28-24(18-26(22)29)17-23-10-11-25(36(6)7)19-27(23)34(28,4)5;2-1(3,4)5/h10-13,17-21H,8-9,14-16H2,1-7H3;(H,2,3,4,5). The topological polar surface area (TPSA) is 165 Å². The molecule has 0 spiro atoms. The number of nitrogens with one attached hydrogen (secondary N) is 1. The number of amides is 3. The average molecular weight is 653 g/mol. The van der Waals surface area contributed by atoms with E-state index in [-0.39, 0.29) is 41.8 Å². The van der Waals surface area contributed by atoms with Crippen LogP contribution in [0.3, 0.4) is 0 Å². The first-order chi connectivity index (χ1) is 21.3. The van der Waals surface area contributed by atoms with Crippen LogP contribution in [0.15, 0.2) is 48.6 Å². The Hall–Kier alpha value is -3.87. The van der Waals surface area contributed by atoms with E-state index >= 15 is 0 Å². The number of allylic oxidation sites excluding steroid dienone is 1. The molecule has 0 bridgehead atoms. The lowest BCUT2D eigenvalue weighted by Crippen LogP contribution is -2.68. The molecule has 2 aromatic carbocycles. The van der Waals surface area contributed by atoms with Crippen molar-refractivity contribution in [1.82, 2.24) is 14.8 Å². The number of halogens is 1. The van der Waals surface area contributed by atoms with Gasteiger partial charge in [-0.15, -0.1) is 10.2 Å². The number of hydrogen-bond acceptors (Lipinski definition) is 8. The van der Waals surface area contributed by atoms with Gasteiger partial charge in [0.05, 0.1) is 0 Å². The predicted octanol–water partition coefficient (Wildman–Crippen LogP) is -2.03. The van der Waals surface area contributed by atoms with Crippen LogP contribution in [0.2, 0.25) is 0 Å². The average Bonchev–Trinajstić information content (AvgIpc) is 3.25. The molecule has 11 nitrogen and oxygen atoms in total. The van der Waals surface area contributed by atoms with Crippen LogP contribution in [-0.2, 0) is 19.8 Å². The molecule has 0 saturated carbocycles. The summed E-state index contributed by atoms with van der Waals surface area (Å²) in [5, 5.41) is 5.33. The summed E-state index contributed by atoms with van der Waals surface area (Å²) in [6.07, 6.45) is 8.22. The number of carbonyl (C=O) groups is 3. The van der Waals surface area contributed by atoms with E-state index in [0.29, 0.717) is 12.8 Å². The van der Waals surface area contributed by atoms with E-state index in [1.807, 2.05) is 0 Å². The summed E-state index contributed by atoms with van der Waals surface area (Å²) in [4.78, 5) is 39.3. The van der Waals surface area contributed by atoms with Crippen molar-refractivity contribution >= 4 is 35.1 Å².